The summed E-state index contributed by atoms with van der Waals surface area (Å²) < 4.78 is 34.2. The number of hydrogen-bond acceptors (Lipinski definition) is 6. The van der Waals surface area contributed by atoms with E-state index in [2.05, 4.69) is 10.6 Å². The van der Waals surface area contributed by atoms with Crippen molar-refractivity contribution in [3.05, 3.63) is 59.7 Å². The largest absolute Gasteiger partial charge is 0.497 e. The van der Waals surface area contributed by atoms with E-state index in [9.17, 15) is 23.1 Å². The number of unbranched alkanes of at least 4 members (excludes halogenated alkanes) is 1. The molecule has 3 N–H and O–H groups in total. The second-order valence-corrected chi connectivity index (χ2v) is 12.3. The highest BCUT2D eigenvalue weighted by molar-refractivity contribution is 7.93. The summed E-state index contributed by atoms with van der Waals surface area (Å²) in [5.41, 5.74) is -0.970. The van der Waals surface area contributed by atoms with Crippen molar-refractivity contribution >= 4 is 21.7 Å². The lowest BCUT2D eigenvalue weighted by molar-refractivity contribution is -0.146. The number of carbonyl (C=O) groups excluding carboxylic acids is 1. The Kier molecular flexibility index (Phi) is 8.70. The fourth-order valence-electron chi connectivity index (χ4n) is 4.94. The summed E-state index contributed by atoms with van der Waals surface area (Å²) in [6.45, 7) is 6.70. The van der Waals surface area contributed by atoms with Crippen LogP contribution in [0.15, 0.2) is 53.4 Å². The second-order valence-electron chi connectivity index (χ2n) is 10.3. The minimum Gasteiger partial charge on any atom is -0.497 e. The van der Waals surface area contributed by atoms with Gasteiger partial charge in [-0.05, 0) is 56.0 Å². The van der Waals surface area contributed by atoms with Crippen LogP contribution in [0.1, 0.15) is 70.5 Å². The van der Waals surface area contributed by atoms with Crippen molar-refractivity contribution in [2.24, 2.45) is 5.41 Å². The van der Waals surface area contributed by atoms with Crippen molar-refractivity contribution in [1.29, 1.82) is 0 Å². The zero-order chi connectivity index (χ0) is 27.4. The smallest absolute Gasteiger partial charge is 0.310 e. The predicted octanol–water partition coefficient (Wildman–Crippen LogP) is 4.10. The number of aliphatic carboxylic acids is 1. The summed E-state index contributed by atoms with van der Waals surface area (Å²) in [7, 11) is -2.68. The Morgan fingerprint density at radius 2 is 1.81 bits per heavy atom. The van der Waals surface area contributed by atoms with E-state index in [1.807, 2.05) is 44.2 Å². The van der Waals surface area contributed by atoms with Gasteiger partial charge in [-0.3, -0.25) is 14.9 Å². The molecule has 202 valence electrons. The van der Waals surface area contributed by atoms with Crippen LogP contribution in [-0.2, 0) is 19.4 Å². The molecule has 1 aliphatic rings. The first-order valence-electron chi connectivity index (χ1n) is 12.7. The number of methoxy groups -OCH3 is 1. The topological polar surface area (TPSA) is 122 Å². The zero-order valence-corrected chi connectivity index (χ0v) is 23.0. The van der Waals surface area contributed by atoms with Gasteiger partial charge in [0.1, 0.15) is 5.75 Å². The molecule has 0 radical (unpaired) electrons. The third kappa shape index (κ3) is 5.67. The van der Waals surface area contributed by atoms with E-state index in [0.717, 1.165) is 12.0 Å². The van der Waals surface area contributed by atoms with Crippen LogP contribution in [0.2, 0.25) is 0 Å². The van der Waals surface area contributed by atoms with Crippen molar-refractivity contribution in [3.8, 4) is 5.75 Å². The number of hydrogen-bond donors (Lipinski definition) is 3. The van der Waals surface area contributed by atoms with Crippen LogP contribution in [-0.4, -0.2) is 49.8 Å². The molecule has 37 heavy (non-hydrogen) atoms. The van der Waals surface area contributed by atoms with Crippen LogP contribution in [0.5, 0.6) is 5.75 Å². The Labute approximate surface area is 219 Å². The van der Waals surface area contributed by atoms with Crippen molar-refractivity contribution in [2.75, 3.05) is 13.7 Å². The Morgan fingerprint density at radius 1 is 1.14 bits per heavy atom. The van der Waals surface area contributed by atoms with Gasteiger partial charge in [-0.15, -0.1) is 0 Å². The Hall–Kier alpha value is -2.91. The standard InChI is InChI=1S/C28H38N2O6S/c1-6-8-16-28(7-2)24(25(31)29-18-27(3,4)26(32)33)37(34,35)22-15-14-20(36-5)17-21(22)23(30-28)19-12-10-9-11-13-19/h9-15,17,23-24,30H,6-8,16,18H2,1-5H3,(H,29,31)(H,32,33)/t23-,24?,28-/m1/s1. The molecule has 1 aliphatic heterocycles. The van der Waals surface area contributed by atoms with Gasteiger partial charge in [-0.25, -0.2) is 8.42 Å². The van der Waals surface area contributed by atoms with E-state index in [4.69, 9.17) is 4.74 Å². The molecular weight excluding hydrogens is 492 g/mol. The molecular formula is C28H38N2O6S. The number of sulfone groups is 1. The van der Waals surface area contributed by atoms with Crippen LogP contribution in [0, 0.1) is 5.41 Å². The van der Waals surface area contributed by atoms with Crippen LogP contribution in [0.25, 0.3) is 0 Å². The van der Waals surface area contributed by atoms with Gasteiger partial charge >= 0.3 is 5.97 Å². The number of carboxylic acids is 1. The van der Waals surface area contributed by atoms with Gasteiger partial charge in [0.15, 0.2) is 15.1 Å². The molecule has 0 saturated carbocycles. The monoisotopic (exact) mass is 530 g/mol. The van der Waals surface area contributed by atoms with Crippen molar-refractivity contribution in [1.82, 2.24) is 10.6 Å². The molecule has 1 heterocycles. The number of ether oxygens (including phenoxy) is 1. The zero-order valence-electron chi connectivity index (χ0n) is 22.2. The number of carboxylic acid groups (broad SMARTS) is 1. The first-order valence-corrected chi connectivity index (χ1v) is 14.2. The van der Waals surface area contributed by atoms with Gasteiger partial charge in [0.25, 0.3) is 0 Å². The molecule has 0 aromatic heterocycles. The fourth-order valence-corrected chi connectivity index (χ4v) is 7.27. The Bertz CT molecular complexity index is 1230. The Morgan fingerprint density at radius 3 is 2.38 bits per heavy atom. The first-order chi connectivity index (χ1) is 17.4. The molecule has 2 aromatic rings. The van der Waals surface area contributed by atoms with Gasteiger partial charge in [0.2, 0.25) is 5.91 Å². The van der Waals surface area contributed by atoms with E-state index < -0.39 is 44.0 Å². The van der Waals surface area contributed by atoms with Crippen molar-refractivity contribution in [2.45, 2.75) is 75.1 Å². The van der Waals surface area contributed by atoms with Gasteiger partial charge in [0, 0.05) is 12.1 Å². The van der Waals surface area contributed by atoms with Gasteiger partial charge < -0.3 is 15.2 Å². The van der Waals surface area contributed by atoms with E-state index >= 15 is 0 Å². The molecule has 3 atom stereocenters. The molecule has 1 unspecified atom stereocenters. The maximum atomic E-state index is 14.4. The summed E-state index contributed by atoms with van der Waals surface area (Å²) in [5.74, 6) is -1.27. The van der Waals surface area contributed by atoms with E-state index in [-0.39, 0.29) is 11.4 Å². The normalized spacial score (nSPS) is 22.9. The number of rotatable bonds is 10. The molecule has 3 rings (SSSR count). The molecule has 0 fully saturated rings. The van der Waals surface area contributed by atoms with Crippen LogP contribution >= 0.6 is 0 Å². The maximum Gasteiger partial charge on any atom is 0.310 e. The summed E-state index contributed by atoms with van der Waals surface area (Å²) in [6.07, 6.45) is 2.36. The van der Waals surface area contributed by atoms with Gasteiger partial charge in [-0.2, -0.15) is 0 Å². The quantitative estimate of drug-likeness (QED) is 0.423. The summed E-state index contributed by atoms with van der Waals surface area (Å²) >= 11 is 0. The molecule has 0 aliphatic carbocycles. The van der Waals surface area contributed by atoms with Crippen LogP contribution < -0.4 is 15.4 Å². The lowest BCUT2D eigenvalue weighted by Crippen LogP contribution is -2.62. The highest BCUT2D eigenvalue weighted by Crippen LogP contribution is 2.43. The maximum absolute atomic E-state index is 14.4. The van der Waals surface area contributed by atoms with Crippen LogP contribution in [0.4, 0.5) is 0 Å². The molecule has 8 nitrogen and oxygen atoms in total. The lowest BCUT2D eigenvalue weighted by Gasteiger charge is -2.40. The molecule has 2 aromatic carbocycles. The minimum atomic E-state index is -4.20. The molecule has 1 amide bonds. The number of carbonyl (C=O) groups is 2. The average molecular weight is 531 g/mol. The molecule has 0 saturated heterocycles. The lowest BCUT2D eigenvalue weighted by atomic mass is 9.83. The van der Waals surface area contributed by atoms with Crippen molar-refractivity contribution in [3.63, 3.8) is 0 Å². The number of amides is 1. The van der Waals surface area contributed by atoms with E-state index in [1.165, 1.54) is 27.0 Å². The molecule has 0 spiro atoms. The van der Waals surface area contributed by atoms with E-state index in [0.29, 0.717) is 30.6 Å². The SMILES string of the molecule is CCCC[C@@]1(CC)N[C@H](c2ccccc2)c2cc(OC)ccc2S(=O)(=O)C1C(=O)NCC(C)(C)C(=O)O. The summed E-state index contributed by atoms with van der Waals surface area (Å²) in [5, 5.41) is 14.4. The Balaban J connectivity index is 2.26. The average Bonchev–Trinajstić information content (AvgIpc) is 2.96. The second kappa shape index (κ2) is 11.2. The summed E-state index contributed by atoms with van der Waals surface area (Å²) in [6, 6.07) is 13.9. The highest BCUT2D eigenvalue weighted by Gasteiger charge is 2.54. The third-order valence-corrected chi connectivity index (χ3v) is 9.61. The van der Waals surface area contributed by atoms with Gasteiger partial charge in [-0.1, -0.05) is 57.0 Å². The fraction of sp³-hybridized carbons (Fsp3) is 0.500. The first kappa shape index (κ1) is 28.7. The van der Waals surface area contributed by atoms with Crippen LogP contribution in [0.3, 0.4) is 0 Å². The number of benzene rings is 2. The highest BCUT2D eigenvalue weighted by atomic mass is 32.2. The molecule has 9 heteroatoms. The minimum absolute atomic E-state index is 0.0686. The van der Waals surface area contributed by atoms with E-state index in [1.54, 1.807) is 12.1 Å². The van der Waals surface area contributed by atoms with Crippen molar-refractivity contribution < 1.29 is 27.9 Å². The predicted molar refractivity (Wildman–Crippen MR) is 142 cm³/mol. The molecule has 0 bridgehead atoms. The number of nitrogens with one attached hydrogen (secondary N) is 2. The summed E-state index contributed by atoms with van der Waals surface area (Å²) in [4.78, 5) is 25.5. The third-order valence-electron chi connectivity index (χ3n) is 7.34. The van der Waals surface area contributed by atoms with Gasteiger partial charge in [0.05, 0.1) is 23.5 Å². The number of fused-ring (bicyclic) bond motifs is 1.